The molecule has 76 valence electrons. The first-order chi connectivity index (χ1) is 6.02. The van der Waals surface area contributed by atoms with E-state index in [4.69, 9.17) is 0 Å². The molecule has 0 aliphatic heterocycles. The minimum absolute atomic E-state index is 0.0509. The molecule has 0 aromatic heterocycles. The highest BCUT2D eigenvalue weighted by Crippen LogP contribution is 2.22. The quantitative estimate of drug-likeness (QED) is 0.642. The number of aliphatic hydroxyl groups is 1. The molecule has 1 unspecified atom stereocenters. The molecule has 0 spiro atoms. The zero-order valence-corrected chi connectivity index (χ0v) is 9.21. The van der Waals surface area contributed by atoms with Crippen LogP contribution < -0.4 is 0 Å². The maximum Gasteiger partial charge on any atom is 0.148 e. The number of Topliss-reactive ketones (excluding diaryl/α,β-unsaturated/α-hetero) is 1. The Morgan fingerprint density at radius 3 is 2.31 bits per heavy atom. The van der Waals surface area contributed by atoms with Gasteiger partial charge in [0.05, 0.1) is 6.10 Å². The van der Waals surface area contributed by atoms with Gasteiger partial charge < -0.3 is 9.90 Å². The molecule has 0 aromatic rings. The van der Waals surface area contributed by atoms with Crippen molar-refractivity contribution < 1.29 is 9.90 Å². The van der Waals surface area contributed by atoms with Crippen molar-refractivity contribution in [2.24, 2.45) is 0 Å². The van der Waals surface area contributed by atoms with Crippen LogP contribution in [0, 0.1) is 0 Å². The third-order valence-electron chi connectivity index (χ3n) is 2.69. The van der Waals surface area contributed by atoms with Crippen LogP contribution >= 0.6 is 0 Å². The molecule has 0 aromatic carbocycles. The predicted octanol–water partition coefficient (Wildman–Crippen LogP) is 2.25. The molecule has 0 saturated carbocycles. The number of hydrogen-bond acceptors (Lipinski definition) is 2. The first kappa shape index (κ1) is 12.7. The summed E-state index contributed by atoms with van der Waals surface area (Å²) in [6.07, 6.45) is 1.83. The molecule has 0 saturated heterocycles. The summed E-state index contributed by atoms with van der Waals surface area (Å²) in [6.45, 7) is 8.20. The maximum atomic E-state index is 11.5. The highest BCUT2D eigenvalue weighted by molar-refractivity contribution is 6.63. The minimum atomic E-state index is -0.366. The van der Waals surface area contributed by atoms with E-state index in [-0.39, 0.29) is 17.7 Å². The van der Waals surface area contributed by atoms with E-state index in [0.717, 1.165) is 6.32 Å². The molecule has 3 heteroatoms. The fraction of sp³-hybridized carbons (Fsp3) is 0.900. The van der Waals surface area contributed by atoms with Gasteiger partial charge in [0.15, 0.2) is 0 Å². The van der Waals surface area contributed by atoms with E-state index in [2.05, 4.69) is 13.7 Å². The second kappa shape index (κ2) is 6.19. The number of ketones is 1. The third-order valence-corrected chi connectivity index (χ3v) is 2.69. The van der Waals surface area contributed by atoms with Gasteiger partial charge >= 0.3 is 0 Å². The summed E-state index contributed by atoms with van der Waals surface area (Å²) >= 11 is 0. The molecular weight excluding hydrogens is 163 g/mol. The van der Waals surface area contributed by atoms with Crippen molar-refractivity contribution in [2.75, 3.05) is 0 Å². The summed E-state index contributed by atoms with van der Waals surface area (Å²) in [4.78, 5) is 11.5. The number of rotatable bonds is 6. The minimum Gasteiger partial charge on any atom is -0.393 e. The molecule has 0 amide bonds. The molecule has 2 nitrogen and oxygen atoms in total. The van der Waals surface area contributed by atoms with Crippen LogP contribution in [0.5, 0.6) is 0 Å². The van der Waals surface area contributed by atoms with Crippen LogP contribution in [-0.4, -0.2) is 23.7 Å². The SMILES string of the molecule is CCB(C)C(C[C@@H](C)O)C(=O)CC. The summed E-state index contributed by atoms with van der Waals surface area (Å²) in [5.41, 5.74) is 0. The van der Waals surface area contributed by atoms with E-state index < -0.39 is 0 Å². The summed E-state index contributed by atoms with van der Waals surface area (Å²) in [6, 6.07) is 0. The topological polar surface area (TPSA) is 37.3 Å². The average molecular weight is 184 g/mol. The van der Waals surface area contributed by atoms with Gasteiger partial charge in [0.25, 0.3) is 0 Å². The van der Waals surface area contributed by atoms with Crippen LogP contribution in [0.25, 0.3) is 0 Å². The van der Waals surface area contributed by atoms with E-state index in [1.807, 2.05) is 6.92 Å². The Hall–Kier alpha value is -0.305. The van der Waals surface area contributed by atoms with Crippen molar-refractivity contribution in [3.8, 4) is 0 Å². The lowest BCUT2D eigenvalue weighted by atomic mass is 9.39. The van der Waals surface area contributed by atoms with Gasteiger partial charge in [-0.3, -0.25) is 0 Å². The normalized spacial score (nSPS) is 15.2. The standard InChI is InChI=1S/C10H21BO2/c1-5-10(13)9(7-8(3)12)11(4)6-2/h8-9,12H,5-7H2,1-4H3/t8-,9?/m1/s1. The average Bonchev–Trinajstić information content (AvgIpc) is 2.11. The molecule has 2 atom stereocenters. The van der Waals surface area contributed by atoms with Gasteiger partial charge in [-0.15, -0.1) is 0 Å². The van der Waals surface area contributed by atoms with Gasteiger partial charge in [-0.05, 0) is 19.2 Å². The highest BCUT2D eigenvalue weighted by atomic mass is 16.3. The van der Waals surface area contributed by atoms with E-state index >= 15 is 0 Å². The van der Waals surface area contributed by atoms with Crippen molar-refractivity contribution in [1.82, 2.24) is 0 Å². The van der Waals surface area contributed by atoms with Gasteiger partial charge in [-0.2, -0.15) is 0 Å². The number of carbonyl (C=O) groups is 1. The first-order valence-corrected chi connectivity index (χ1v) is 5.23. The summed E-state index contributed by atoms with van der Waals surface area (Å²) in [7, 11) is 0. The largest absolute Gasteiger partial charge is 0.393 e. The lowest BCUT2D eigenvalue weighted by Crippen LogP contribution is -2.26. The maximum absolute atomic E-state index is 11.5. The van der Waals surface area contributed by atoms with Gasteiger partial charge in [0.2, 0.25) is 0 Å². The van der Waals surface area contributed by atoms with Crippen molar-refractivity contribution in [3.63, 3.8) is 0 Å². The van der Waals surface area contributed by atoms with Crippen LogP contribution in [0.2, 0.25) is 19.0 Å². The van der Waals surface area contributed by atoms with Crippen molar-refractivity contribution in [2.45, 2.75) is 58.7 Å². The Morgan fingerprint density at radius 2 is 2.00 bits per heavy atom. The number of carbonyl (C=O) groups excluding carboxylic acids is 1. The smallest absolute Gasteiger partial charge is 0.148 e. The molecule has 0 fully saturated rings. The van der Waals surface area contributed by atoms with E-state index in [0.29, 0.717) is 19.6 Å². The summed E-state index contributed by atoms with van der Waals surface area (Å²) in [5.74, 6) is 0.338. The van der Waals surface area contributed by atoms with Crippen molar-refractivity contribution in [3.05, 3.63) is 0 Å². The number of hydrogen-bond donors (Lipinski definition) is 1. The molecule has 0 bridgehead atoms. The Bertz CT molecular complexity index is 157. The van der Waals surface area contributed by atoms with Crippen molar-refractivity contribution >= 4 is 12.5 Å². The van der Waals surface area contributed by atoms with Crippen LogP contribution in [0.4, 0.5) is 0 Å². The summed E-state index contributed by atoms with van der Waals surface area (Å²) < 4.78 is 0. The van der Waals surface area contributed by atoms with E-state index in [1.165, 1.54) is 0 Å². The van der Waals surface area contributed by atoms with E-state index in [1.54, 1.807) is 6.92 Å². The van der Waals surface area contributed by atoms with Gasteiger partial charge in [0, 0.05) is 6.42 Å². The Labute approximate surface area is 81.8 Å². The van der Waals surface area contributed by atoms with Crippen molar-refractivity contribution in [1.29, 1.82) is 0 Å². The van der Waals surface area contributed by atoms with Crippen LogP contribution in [-0.2, 0) is 4.79 Å². The number of aliphatic hydroxyl groups excluding tert-OH is 1. The van der Waals surface area contributed by atoms with Crippen LogP contribution in [0.3, 0.4) is 0 Å². The molecular formula is C10H21BO2. The molecule has 0 radical (unpaired) electrons. The van der Waals surface area contributed by atoms with Crippen LogP contribution in [0.1, 0.15) is 33.6 Å². The monoisotopic (exact) mass is 184 g/mol. The summed E-state index contributed by atoms with van der Waals surface area (Å²) in [5, 5.41) is 9.26. The molecule has 0 rings (SSSR count). The van der Waals surface area contributed by atoms with E-state index in [9.17, 15) is 9.90 Å². The Balaban J connectivity index is 4.26. The second-order valence-corrected chi connectivity index (χ2v) is 3.90. The fourth-order valence-electron chi connectivity index (χ4n) is 1.60. The lowest BCUT2D eigenvalue weighted by molar-refractivity contribution is -0.119. The Kier molecular flexibility index (Phi) is 6.05. The third kappa shape index (κ3) is 4.46. The molecule has 0 aliphatic carbocycles. The molecule has 13 heavy (non-hydrogen) atoms. The zero-order chi connectivity index (χ0) is 10.4. The molecule has 0 heterocycles. The lowest BCUT2D eigenvalue weighted by Gasteiger charge is -2.20. The zero-order valence-electron chi connectivity index (χ0n) is 9.21. The van der Waals surface area contributed by atoms with Gasteiger partial charge in [0.1, 0.15) is 12.5 Å². The predicted molar refractivity (Wildman–Crippen MR) is 57.4 cm³/mol. The Morgan fingerprint density at radius 1 is 1.46 bits per heavy atom. The second-order valence-electron chi connectivity index (χ2n) is 3.90. The molecule has 0 aliphatic rings. The first-order valence-electron chi connectivity index (χ1n) is 5.23. The molecule has 1 N–H and O–H groups in total. The fourth-order valence-corrected chi connectivity index (χ4v) is 1.60. The van der Waals surface area contributed by atoms with Gasteiger partial charge in [-0.1, -0.05) is 27.0 Å². The van der Waals surface area contributed by atoms with Gasteiger partial charge in [-0.25, -0.2) is 0 Å². The van der Waals surface area contributed by atoms with Crippen LogP contribution in [0.15, 0.2) is 0 Å². The highest BCUT2D eigenvalue weighted by Gasteiger charge is 2.25.